The normalized spacial score (nSPS) is 14.0. The minimum atomic E-state index is 0.108. The van der Waals surface area contributed by atoms with Crippen molar-refractivity contribution in [1.29, 1.82) is 0 Å². The average molecular weight is 234 g/mol. The number of fused-ring (bicyclic) bond motifs is 1. The van der Waals surface area contributed by atoms with E-state index in [9.17, 15) is 4.79 Å². The summed E-state index contributed by atoms with van der Waals surface area (Å²) in [6.45, 7) is 4.84. The van der Waals surface area contributed by atoms with Crippen LogP contribution in [0.4, 0.5) is 5.69 Å². The van der Waals surface area contributed by atoms with E-state index >= 15 is 0 Å². The Morgan fingerprint density at radius 2 is 2.29 bits per heavy atom. The van der Waals surface area contributed by atoms with Crippen LogP contribution in [0.5, 0.6) is 0 Å². The molecule has 0 aliphatic carbocycles. The van der Waals surface area contributed by atoms with Crippen LogP contribution in [0.1, 0.15) is 22.8 Å². The molecule has 4 heteroatoms. The first-order valence-electron chi connectivity index (χ1n) is 5.91. The van der Waals surface area contributed by atoms with Crippen molar-refractivity contribution >= 4 is 11.6 Å². The van der Waals surface area contributed by atoms with Crippen molar-refractivity contribution in [2.24, 2.45) is 0 Å². The summed E-state index contributed by atoms with van der Waals surface area (Å²) < 4.78 is 5.01. The molecular formula is C13H18N2O2. The van der Waals surface area contributed by atoms with Crippen LogP contribution in [0.25, 0.3) is 0 Å². The molecule has 1 aliphatic rings. The van der Waals surface area contributed by atoms with Gasteiger partial charge in [0.15, 0.2) is 0 Å². The highest BCUT2D eigenvalue weighted by Crippen LogP contribution is 2.25. The zero-order chi connectivity index (χ0) is 12.3. The van der Waals surface area contributed by atoms with E-state index in [1.54, 1.807) is 7.11 Å². The third-order valence-corrected chi connectivity index (χ3v) is 2.93. The Hall–Kier alpha value is -1.55. The number of amides is 1. The molecule has 0 aromatic heterocycles. The topological polar surface area (TPSA) is 41.6 Å². The van der Waals surface area contributed by atoms with Gasteiger partial charge in [-0.15, -0.1) is 0 Å². The van der Waals surface area contributed by atoms with Gasteiger partial charge in [0.2, 0.25) is 0 Å². The minimum Gasteiger partial charge on any atom is -0.385 e. The van der Waals surface area contributed by atoms with Gasteiger partial charge in [-0.2, -0.15) is 0 Å². The Bertz CT molecular complexity index is 418. The number of nitrogens with zero attached hydrogens (tertiary/aromatic N) is 1. The van der Waals surface area contributed by atoms with Crippen molar-refractivity contribution in [2.75, 3.05) is 32.1 Å². The van der Waals surface area contributed by atoms with Crippen molar-refractivity contribution in [3.8, 4) is 0 Å². The van der Waals surface area contributed by atoms with E-state index in [-0.39, 0.29) is 5.91 Å². The van der Waals surface area contributed by atoms with E-state index in [1.165, 1.54) is 0 Å². The van der Waals surface area contributed by atoms with Gasteiger partial charge < -0.3 is 15.0 Å². The lowest BCUT2D eigenvalue weighted by molar-refractivity contribution is 0.0719. The quantitative estimate of drug-likeness (QED) is 0.843. The second-order valence-corrected chi connectivity index (χ2v) is 4.12. The zero-order valence-electron chi connectivity index (χ0n) is 10.3. The SMILES string of the molecule is CCNc1ccc2c(c1)C(=O)N(CCOC)C2. The average Bonchev–Trinajstić information content (AvgIpc) is 2.64. The zero-order valence-corrected chi connectivity index (χ0v) is 10.3. The molecule has 0 radical (unpaired) electrons. The summed E-state index contributed by atoms with van der Waals surface area (Å²) in [6.07, 6.45) is 0. The summed E-state index contributed by atoms with van der Waals surface area (Å²) in [5.41, 5.74) is 2.93. The van der Waals surface area contributed by atoms with Gasteiger partial charge in [-0.3, -0.25) is 4.79 Å². The van der Waals surface area contributed by atoms with Crippen molar-refractivity contribution in [2.45, 2.75) is 13.5 Å². The molecule has 2 rings (SSSR count). The molecule has 1 aliphatic heterocycles. The van der Waals surface area contributed by atoms with E-state index in [2.05, 4.69) is 5.32 Å². The fraction of sp³-hybridized carbons (Fsp3) is 0.462. The third-order valence-electron chi connectivity index (χ3n) is 2.93. The Morgan fingerprint density at radius 3 is 3.00 bits per heavy atom. The molecule has 92 valence electrons. The maximum Gasteiger partial charge on any atom is 0.254 e. The molecule has 17 heavy (non-hydrogen) atoms. The van der Waals surface area contributed by atoms with Crippen molar-refractivity contribution in [3.05, 3.63) is 29.3 Å². The molecule has 1 aromatic rings. The van der Waals surface area contributed by atoms with E-state index in [0.717, 1.165) is 23.4 Å². The van der Waals surface area contributed by atoms with Crippen LogP contribution in [0.3, 0.4) is 0 Å². The summed E-state index contributed by atoms with van der Waals surface area (Å²) >= 11 is 0. The summed E-state index contributed by atoms with van der Waals surface area (Å²) in [6, 6.07) is 5.99. The standard InChI is InChI=1S/C13H18N2O2/c1-3-14-11-5-4-10-9-15(6-7-17-2)13(16)12(10)8-11/h4-5,8,14H,3,6-7,9H2,1-2H3. The van der Waals surface area contributed by atoms with Gasteiger partial charge in [0, 0.05) is 38.0 Å². The van der Waals surface area contributed by atoms with Crippen LogP contribution >= 0.6 is 0 Å². The number of hydrogen-bond donors (Lipinski definition) is 1. The highest BCUT2D eigenvalue weighted by molar-refractivity contribution is 5.99. The number of ether oxygens (including phenoxy) is 1. The lowest BCUT2D eigenvalue weighted by Crippen LogP contribution is -2.27. The molecular weight excluding hydrogens is 216 g/mol. The molecule has 0 bridgehead atoms. The molecule has 0 saturated carbocycles. The Balaban J connectivity index is 2.14. The van der Waals surface area contributed by atoms with Crippen molar-refractivity contribution in [3.63, 3.8) is 0 Å². The van der Waals surface area contributed by atoms with Gasteiger partial charge in [-0.05, 0) is 24.6 Å². The van der Waals surface area contributed by atoms with Crippen molar-refractivity contribution < 1.29 is 9.53 Å². The second-order valence-electron chi connectivity index (χ2n) is 4.12. The molecule has 0 fully saturated rings. The van der Waals surface area contributed by atoms with Gasteiger partial charge >= 0.3 is 0 Å². The van der Waals surface area contributed by atoms with Crippen LogP contribution in [0.15, 0.2) is 18.2 Å². The number of benzene rings is 1. The number of carbonyl (C=O) groups excluding carboxylic acids is 1. The Kier molecular flexibility index (Phi) is 3.64. The van der Waals surface area contributed by atoms with Crippen molar-refractivity contribution in [1.82, 2.24) is 4.90 Å². The first-order chi connectivity index (χ1) is 8.26. The maximum absolute atomic E-state index is 12.1. The highest BCUT2D eigenvalue weighted by atomic mass is 16.5. The highest BCUT2D eigenvalue weighted by Gasteiger charge is 2.26. The minimum absolute atomic E-state index is 0.108. The van der Waals surface area contributed by atoms with Crippen LogP contribution in [0, 0.1) is 0 Å². The molecule has 1 aromatic carbocycles. The largest absolute Gasteiger partial charge is 0.385 e. The number of carbonyl (C=O) groups is 1. The lowest BCUT2D eigenvalue weighted by atomic mass is 10.1. The van der Waals surface area contributed by atoms with E-state index in [1.807, 2.05) is 30.0 Å². The number of methoxy groups -OCH3 is 1. The Morgan fingerprint density at radius 1 is 1.47 bits per heavy atom. The summed E-state index contributed by atoms with van der Waals surface area (Å²) in [4.78, 5) is 13.9. The van der Waals surface area contributed by atoms with E-state index in [4.69, 9.17) is 4.74 Å². The first kappa shape index (κ1) is 11.9. The number of anilines is 1. The Labute approximate surface area is 102 Å². The molecule has 0 saturated heterocycles. The number of nitrogens with one attached hydrogen (secondary N) is 1. The fourth-order valence-electron chi connectivity index (χ4n) is 2.06. The summed E-state index contributed by atoms with van der Waals surface area (Å²) in [7, 11) is 1.65. The molecule has 0 unspecified atom stereocenters. The lowest BCUT2D eigenvalue weighted by Gasteiger charge is -2.14. The number of rotatable bonds is 5. The first-order valence-corrected chi connectivity index (χ1v) is 5.91. The predicted molar refractivity (Wildman–Crippen MR) is 67.2 cm³/mol. The molecule has 1 heterocycles. The van der Waals surface area contributed by atoms with E-state index < -0.39 is 0 Å². The van der Waals surface area contributed by atoms with Crippen LogP contribution in [0.2, 0.25) is 0 Å². The maximum atomic E-state index is 12.1. The van der Waals surface area contributed by atoms with Gasteiger partial charge in [-0.25, -0.2) is 0 Å². The molecule has 0 spiro atoms. The van der Waals surface area contributed by atoms with Gasteiger partial charge in [0.1, 0.15) is 0 Å². The fourth-order valence-corrected chi connectivity index (χ4v) is 2.06. The van der Waals surface area contributed by atoms with Crippen LogP contribution in [-0.2, 0) is 11.3 Å². The van der Waals surface area contributed by atoms with Gasteiger partial charge in [0.05, 0.1) is 6.61 Å². The van der Waals surface area contributed by atoms with Gasteiger partial charge in [0.25, 0.3) is 5.91 Å². The second kappa shape index (κ2) is 5.19. The van der Waals surface area contributed by atoms with Crippen LogP contribution in [-0.4, -0.2) is 37.6 Å². The summed E-state index contributed by atoms with van der Waals surface area (Å²) in [5, 5.41) is 3.22. The number of hydrogen-bond acceptors (Lipinski definition) is 3. The molecule has 1 N–H and O–H groups in total. The monoisotopic (exact) mass is 234 g/mol. The predicted octanol–water partition coefficient (Wildman–Crippen LogP) is 1.72. The van der Waals surface area contributed by atoms with Crippen LogP contribution < -0.4 is 5.32 Å². The van der Waals surface area contributed by atoms with E-state index in [0.29, 0.717) is 19.7 Å². The molecule has 0 atom stereocenters. The van der Waals surface area contributed by atoms with Gasteiger partial charge in [-0.1, -0.05) is 6.07 Å². The molecule has 4 nitrogen and oxygen atoms in total. The molecule has 1 amide bonds. The summed E-state index contributed by atoms with van der Waals surface area (Å²) in [5.74, 6) is 0.108. The third kappa shape index (κ3) is 2.42. The smallest absolute Gasteiger partial charge is 0.254 e.